The molecule has 0 atom stereocenters. The summed E-state index contributed by atoms with van der Waals surface area (Å²) in [4.78, 5) is 0. The molecule has 58 valence electrons. The Morgan fingerprint density at radius 3 is 3.00 bits per heavy atom. The van der Waals surface area contributed by atoms with Crippen molar-refractivity contribution in [1.29, 1.82) is 0 Å². The molecule has 11 heavy (non-hydrogen) atoms. The normalized spacial score (nSPS) is 15.1. The first-order valence-corrected chi connectivity index (χ1v) is 4.62. The summed E-state index contributed by atoms with van der Waals surface area (Å²) >= 11 is 9.34. The molecule has 0 saturated carbocycles. The van der Waals surface area contributed by atoms with Gasteiger partial charge in [-0.25, -0.2) is 0 Å². The SMILES string of the molecule is Clc1cc(Br)c2c(c1)CNC2. The lowest BCUT2D eigenvalue weighted by molar-refractivity contribution is 0.764. The van der Waals surface area contributed by atoms with Gasteiger partial charge in [-0.15, -0.1) is 0 Å². The smallest absolute Gasteiger partial charge is 0.0420 e. The molecule has 1 aliphatic rings. The first kappa shape index (κ1) is 7.59. The van der Waals surface area contributed by atoms with E-state index in [1.807, 2.05) is 12.1 Å². The molecule has 2 rings (SSSR count). The molecule has 1 heterocycles. The van der Waals surface area contributed by atoms with Gasteiger partial charge >= 0.3 is 0 Å². The fourth-order valence-electron chi connectivity index (χ4n) is 1.33. The predicted molar refractivity (Wildman–Crippen MR) is 49.7 cm³/mol. The molecule has 1 nitrogen and oxygen atoms in total. The molecule has 0 amide bonds. The van der Waals surface area contributed by atoms with E-state index in [2.05, 4.69) is 21.2 Å². The van der Waals surface area contributed by atoms with Crippen molar-refractivity contribution in [2.24, 2.45) is 0 Å². The molecule has 0 aliphatic carbocycles. The van der Waals surface area contributed by atoms with Gasteiger partial charge in [0, 0.05) is 22.6 Å². The van der Waals surface area contributed by atoms with Gasteiger partial charge in [0.2, 0.25) is 0 Å². The van der Waals surface area contributed by atoms with E-state index in [0.29, 0.717) is 0 Å². The van der Waals surface area contributed by atoms with Gasteiger partial charge in [0.25, 0.3) is 0 Å². The Morgan fingerprint density at radius 1 is 1.36 bits per heavy atom. The minimum absolute atomic E-state index is 0.805. The zero-order chi connectivity index (χ0) is 7.84. The van der Waals surface area contributed by atoms with Crippen LogP contribution in [0.3, 0.4) is 0 Å². The fourth-order valence-corrected chi connectivity index (χ4v) is 2.35. The molecule has 1 aromatic carbocycles. The minimum Gasteiger partial charge on any atom is -0.309 e. The number of hydrogen-bond donors (Lipinski definition) is 1. The first-order chi connectivity index (χ1) is 5.27. The molecule has 0 fully saturated rings. The number of rotatable bonds is 0. The maximum absolute atomic E-state index is 5.87. The summed E-state index contributed by atoms with van der Waals surface area (Å²) in [6.07, 6.45) is 0. The van der Waals surface area contributed by atoms with Gasteiger partial charge in [-0.3, -0.25) is 0 Å². The molecule has 1 aliphatic heterocycles. The van der Waals surface area contributed by atoms with Crippen molar-refractivity contribution in [3.63, 3.8) is 0 Å². The summed E-state index contributed by atoms with van der Waals surface area (Å²) < 4.78 is 1.12. The molecule has 0 radical (unpaired) electrons. The molecule has 1 aromatic rings. The quantitative estimate of drug-likeness (QED) is 0.725. The van der Waals surface area contributed by atoms with Gasteiger partial charge in [-0.2, -0.15) is 0 Å². The Bertz CT molecular complexity index is 298. The second kappa shape index (κ2) is 2.77. The molecule has 0 aromatic heterocycles. The van der Waals surface area contributed by atoms with Crippen molar-refractivity contribution in [2.45, 2.75) is 13.1 Å². The standard InChI is InChI=1S/C8H7BrClN/c9-8-2-6(10)1-5-3-11-4-7(5)8/h1-2,11H,3-4H2. The van der Waals surface area contributed by atoms with Crippen LogP contribution >= 0.6 is 27.5 Å². The van der Waals surface area contributed by atoms with Crippen molar-refractivity contribution in [3.05, 3.63) is 32.8 Å². The zero-order valence-electron chi connectivity index (χ0n) is 5.82. The van der Waals surface area contributed by atoms with E-state index < -0.39 is 0 Å². The van der Waals surface area contributed by atoms with Gasteiger partial charge in [-0.05, 0) is 23.3 Å². The van der Waals surface area contributed by atoms with Crippen LogP contribution in [-0.2, 0) is 13.1 Å². The predicted octanol–water partition coefficient (Wildman–Crippen LogP) is 2.71. The number of nitrogens with one attached hydrogen (secondary N) is 1. The highest BCUT2D eigenvalue weighted by Crippen LogP contribution is 2.28. The second-order valence-corrected chi connectivity index (χ2v) is 3.92. The van der Waals surface area contributed by atoms with Crippen LogP contribution in [0.5, 0.6) is 0 Å². The highest BCUT2D eigenvalue weighted by Gasteiger charge is 2.13. The molecule has 3 heteroatoms. The third-order valence-corrected chi connectivity index (χ3v) is 2.80. The number of benzene rings is 1. The summed E-state index contributed by atoms with van der Waals surface area (Å²) in [7, 11) is 0. The molecule has 0 saturated heterocycles. The lowest BCUT2D eigenvalue weighted by Gasteiger charge is -2.00. The molecular formula is C8H7BrClN. The van der Waals surface area contributed by atoms with E-state index >= 15 is 0 Å². The number of hydrogen-bond acceptors (Lipinski definition) is 1. The van der Waals surface area contributed by atoms with Gasteiger partial charge in [0.15, 0.2) is 0 Å². The van der Waals surface area contributed by atoms with E-state index in [-0.39, 0.29) is 0 Å². The van der Waals surface area contributed by atoms with Crippen LogP contribution in [-0.4, -0.2) is 0 Å². The van der Waals surface area contributed by atoms with E-state index in [1.54, 1.807) is 0 Å². The Kier molecular flexibility index (Phi) is 1.91. The van der Waals surface area contributed by atoms with Crippen molar-refractivity contribution in [1.82, 2.24) is 5.32 Å². The van der Waals surface area contributed by atoms with Crippen molar-refractivity contribution < 1.29 is 0 Å². The van der Waals surface area contributed by atoms with Crippen LogP contribution in [0.15, 0.2) is 16.6 Å². The molecule has 1 N–H and O–H groups in total. The van der Waals surface area contributed by atoms with Gasteiger partial charge in [0.05, 0.1) is 0 Å². The summed E-state index contributed by atoms with van der Waals surface area (Å²) in [5.41, 5.74) is 2.65. The summed E-state index contributed by atoms with van der Waals surface area (Å²) in [5.74, 6) is 0. The third kappa shape index (κ3) is 1.31. The maximum atomic E-state index is 5.87. The lowest BCUT2D eigenvalue weighted by atomic mass is 10.1. The summed E-state index contributed by atoms with van der Waals surface area (Å²) in [6, 6.07) is 3.95. The largest absolute Gasteiger partial charge is 0.309 e. The van der Waals surface area contributed by atoms with E-state index in [0.717, 1.165) is 22.6 Å². The summed E-state index contributed by atoms with van der Waals surface area (Å²) in [6.45, 7) is 1.89. The van der Waals surface area contributed by atoms with Crippen LogP contribution in [0, 0.1) is 0 Å². The highest BCUT2D eigenvalue weighted by atomic mass is 79.9. The van der Waals surface area contributed by atoms with Crippen molar-refractivity contribution >= 4 is 27.5 Å². The van der Waals surface area contributed by atoms with Crippen LogP contribution in [0.4, 0.5) is 0 Å². The first-order valence-electron chi connectivity index (χ1n) is 3.45. The van der Waals surface area contributed by atoms with E-state index in [1.165, 1.54) is 11.1 Å². The van der Waals surface area contributed by atoms with Crippen LogP contribution in [0.2, 0.25) is 5.02 Å². The highest BCUT2D eigenvalue weighted by molar-refractivity contribution is 9.10. The number of fused-ring (bicyclic) bond motifs is 1. The molecule has 0 unspecified atom stereocenters. The van der Waals surface area contributed by atoms with E-state index in [9.17, 15) is 0 Å². The van der Waals surface area contributed by atoms with Gasteiger partial charge in [0.1, 0.15) is 0 Å². The number of halogens is 2. The average molecular weight is 233 g/mol. The van der Waals surface area contributed by atoms with Gasteiger partial charge < -0.3 is 5.32 Å². The molecule has 0 bridgehead atoms. The monoisotopic (exact) mass is 231 g/mol. The topological polar surface area (TPSA) is 12.0 Å². The van der Waals surface area contributed by atoms with Crippen LogP contribution in [0.25, 0.3) is 0 Å². The molecular weight excluding hydrogens is 225 g/mol. The van der Waals surface area contributed by atoms with Crippen molar-refractivity contribution in [2.75, 3.05) is 0 Å². The Hall–Kier alpha value is -0.0500. The van der Waals surface area contributed by atoms with Crippen LogP contribution < -0.4 is 5.32 Å². The maximum Gasteiger partial charge on any atom is 0.0420 e. The fraction of sp³-hybridized carbons (Fsp3) is 0.250. The van der Waals surface area contributed by atoms with Crippen molar-refractivity contribution in [3.8, 4) is 0 Å². The van der Waals surface area contributed by atoms with Gasteiger partial charge in [-0.1, -0.05) is 27.5 Å². The Balaban J connectivity index is 2.60. The Labute approximate surface area is 78.9 Å². The minimum atomic E-state index is 0.805. The third-order valence-electron chi connectivity index (χ3n) is 1.87. The Morgan fingerprint density at radius 2 is 2.18 bits per heavy atom. The second-order valence-electron chi connectivity index (χ2n) is 2.63. The lowest BCUT2D eigenvalue weighted by Crippen LogP contribution is -2.00. The van der Waals surface area contributed by atoms with E-state index in [4.69, 9.17) is 11.6 Å². The molecule has 0 spiro atoms. The average Bonchev–Trinajstić information content (AvgIpc) is 2.34. The van der Waals surface area contributed by atoms with Crippen LogP contribution in [0.1, 0.15) is 11.1 Å². The summed E-state index contributed by atoms with van der Waals surface area (Å²) in [5, 5.41) is 4.07. The zero-order valence-corrected chi connectivity index (χ0v) is 8.17.